The van der Waals surface area contributed by atoms with Crippen LogP contribution >= 0.6 is 0 Å². The van der Waals surface area contributed by atoms with Crippen LogP contribution in [0.25, 0.3) is 0 Å². The Kier molecular flexibility index (Phi) is 48.9. The number of allylic oxidation sites excluding steroid dienone is 12. The van der Waals surface area contributed by atoms with Gasteiger partial charge in [0.1, 0.15) is 13.2 Å². The minimum absolute atomic E-state index is 0.0953. The summed E-state index contributed by atoms with van der Waals surface area (Å²) in [5.41, 5.74) is 0. The number of ether oxygens (including phenoxy) is 3. The number of unbranched alkanes of at least 4 members (excludes halogenated alkanes) is 25. The minimum Gasteiger partial charge on any atom is -0.462 e. The number of esters is 3. The summed E-state index contributed by atoms with van der Waals surface area (Å²) in [5.74, 6) is -0.952. The van der Waals surface area contributed by atoms with Crippen LogP contribution in [0.2, 0.25) is 0 Å². The first kappa shape index (κ1) is 59.9. The van der Waals surface area contributed by atoms with Gasteiger partial charge in [-0.2, -0.15) is 0 Å². The van der Waals surface area contributed by atoms with Crippen LogP contribution in [0.5, 0.6) is 0 Å². The lowest BCUT2D eigenvalue weighted by Gasteiger charge is -2.18. The molecule has 0 aromatic rings. The standard InChI is InChI=1S/C57H98O6/c1-4-7-10-13-16-19-22-24-26-28-29-31-32-35-38-41-44-47-50-56(59)62-53-54(52-61-55(58)49-46-43-40-37-34-21-18-15-12-9-6-3)63-57(60)51-48-45-42-39-36-33-30-27-25-23-20-17-14-11-8-5-2/h8,11,15,17-18,20-21,25,27,33-34,36,54H,4-7,9-10,12-14,16,19,22-24,26,28-32,35,37-53H2,1-3H3/b11-8-,18-15-,20-17-,27-25-,34-21-,36-33-. The minimum atomic E-state index is -0.800. The summed E-state index contributed by atoms with van der Waals surface area (Å²) >= 11 is 0. The van der Waals surface area contributed by atoms with Gasteiger partial charge in [-0.25, -0.2) is 0 Å². The van der Waals surface area contributed by atoms with E-state index in [9.17, 15) is 14.4 Å². The molecular formula is C57H98O6. The van der Waals surface area contributed by atoms with Gasteiger partial charge in [0.25, 0.3) is 0 Å². The summed E-state index contributed by atoms with van der Waals surface area (Å²) in [5, 5.41) is 0. The van der Waals surface area contributed by atoms with E-state index in [4.69, 9.17) is 14.2 Å². The van der Waals surface area contributed by atoms with Crippen molar-refractivity contribution in [2.75, 3.05) is 13.2 Å². The van der Waals surface area contributed by atoms with Crippen LogP contribution in [-0.2, 0) is 28.6 Å². The van der Waals surface area contributed by atoms with Crippen molar-refractivity contribution in [1.82, 2.24) is 0 Å². The van der Waals surface area contributed by atoms with E-state index in [1.807, 2.05) is 0 Å². The maximum atomic E-state index is 12.8. The third-order valence-corrected chi connectivity index (χ3v) is 11.2. The third-order valence-electron chi connectivity index (χ3n) is 11.2. The first-order valence-electron chi connectivity index (χ1n) is 26.5. The molecule has 0 aromatic heterocycles. The molecule has 0 heterocycles. The second-order valence-corrected chi connectivity index (χ2v) is 17.4. The largest absolute Gasteiger partial charge is 0.462 e. The van der Waals surface area contributed by atoms with E-state index in [1.54, 1.807) is 0 Å². The number of hydrogen-bond acceptors (Lipinski definition) is 6. The van der Waals surface area contributed by atoms with E-state index in [2.05, 4.69) is 93.7 Å². The fraction of sp³-hybridized carbons (Fsp3) is 0.737. The Morgan fingerprint density at radius 2 is 0.683 bits per heavy atom. The first-order chi connectivity index (χ1) is 31.0. The molecule has 0 rings (SSSR count). The molecule has 63 heavy (non-hydrogen) atoms. The number of carbonyl (C=O) groups is 3. The molecule has 0 radical (unpaired) electrons. The zero-order valence-corrected chi connectivity index (χ0v) is 41.3. The van der Waals surface area contributed by atoms with Crippen LogP contribution < -0.4 is 0 Å². The van der Waals surface area contributed by atoms with Gasteiger partial charge in [-0.05, 0) is 77.0 Å². The van der Waals surface area contributed by atoms with E-state index in [1.165, 1.54) is 109 Å². The van der Waals surface area contributed by atoms with Gasteiger partial charge in [-0.3, -0.25) is 14.4 Å². The van der Waals surface area contributed by atoms with Crippen molar-refractivity contribution < 1.29 is 28.6 Å². The molecule has 6 nitrogen and oxygen atoms in total. The predicted octanol–water partition coefficient (Wildman–Crippen LogP) is 17.4. The van der Waals surface area contributed by atoms with E-state index in [0.717, 1.165) is 103 Å². The molecule has 0 saturated heterocycles. The lowest BCUT2D eigenvalue weighted by Crippen LogP contribution is -2.30. The molecule has 0 aliphatic rings. The fourth-order valence-electron chi connectivity index (χ4n) is 7.23. The normalized spacial score (nSPS) is 12.6. The molecule has 0 aliphatic heterocycles. The van der Waals surface area contributed by atoms with Crippen LogP contribution in [0.1, 0.15) is 252 Å². The highest BCUT2D eigenvalue weighted by Crippen LogP contribution is 2.15. The molecule has 6 heteroatoms. The van der Waals surface area contributed by atoms with Crippen molar-refractivity contribution in [2.24, 2.45) is 0 Å². The third kappa shape index (κ3) is 49.7. The average molecular weight is 879 g/mol. The SMILES string of the molecule is CC/C=C\C/C=C\C/C=C\C/C=C\CCCCCC(=O)OC(COC(=O)CCCCC/C=C\C=C/CCCC)COC(=O)CCCCCCCCCCCCCCCCCCCC. The van der Waals surface area contributed by atoms with Gasteiger partial charge >= 0.3 is 17.9 Å². The smallest absolute Gasteiger partial charge is 0.306 e. The molecular weight excluding hydrogens is 781 g/mol. The quantitative estimate of drug-likeness (QED) is 0.0199. The number of carbonyl (C=O) groups excluding carboxylic acids is 3. The van der Waals surface area contributed by atoms with Crippen molar-refractivity contribution in [3.8, 4) is 0 Å². The highest BCUT2D eigenvalue weighted by Gasteiger charge is 2.19. The van der Waals surface area contributed by atoms with E-state index < -0.39 is 6.10 Å². The Labute approximate surface area is 389 Å². The van der Waals surface area contributed by atoms with E-state index >= 15 is 0 Å². The summed E-state index contributed by atoms with van der Waals surface area (Å²) in [7, 11) is 0. The van der Waals surface area contributed by atoms with Gasteiger partial charge in [0.15, 0.2) is 6.10 Å². The lowest BCUT2D eigenvalue weighted by atomic mass is 10.0. The van der Waals surface area contributed by atoms with Crippen LogP contribution in [0.3, 0.4) is 0 Å². The Balaban J connectivity index is 4.40. The van der Waals surface area contributed by atoms with Crippen LogP contribution in [-0.4, -0.2) is 37.2 Å². The van der Waals surface area contributed by atoms with Crippen molar-refractivity contribution >= 4 is 17.9 Å². The van der Waals surface area contributed by atoms with Gasteiger partial charge in [-0.1, -0.05) is 229 Å². The molecule has 0 bridgehead atoms. The van der Waals surface area contributed by atoms with Crippen molar-refractivity contribution in [3.05, 3.63) is 72.9 Å². The van der Waals surface area contributed by atoms with Crippen molar-refractivity contribution in [3.63, 3.8) is 0 Å². The van der Waals surface area contributed by atoms with Crippen LogP contribution in [0.4, 0.5) is 0 Å². The predicted molar refractivity (Wildman–Crippen MR) is 270 cm³/mol. The average Bonchev–Trinajstić information content (AvgIpc) is 3.28. The lowest BCUT2D eigenvalue weighted by molar-refractivity contribution is -0.167. The van der Waals surface area contributed by atoms with Gasteiger partial charge in [0.2, 0.25) is 0 Å². The van der Waals surface area contributed by atoms with Gasteiger partial charge < -0.3 is 14.2 Å². The fourth-order valence-corrected chi connectivity index (χ4v) is 7.23. The second-order valence-electron chi connectivity index (χ2n) is 17.4. The Morgan fingerprint density at radius 1 is 0.349 bits per heavy atom. The topological polar surface area (TPSA) is 78.9 Å². The Bertz CT molecular complexity index is 1190. The van der Waals surface area contributed by atoms with Gasteiger partial charge in [0.05, 0.1) is 0 Å². The highest BCUT2D eigenvalue weighted by atomic mass is 16.6. The maximum Gasteiger partial charge on any atom is 0.306 e. The molecule has 0 aromatic carbocycles. The molecule has 362 valence electrons. The molecule has 1 atom stereocenters. The van der Waals surface area contributed by atoms with E-state index in [0.29, 0.717) is 12.8 Å². The Hall–Kier alpha value is -3.15. The molecule has 0 spiro atoms. The van der Waals surface area contributed by atoms with Crippen LogP contribution in [0.15, 0.2) is 72.9 Å². The maximum absolute atomic E-state index is 12.8. The molecule has 0 N–H and O–H groups in total. The summed E-state index contributed by atoms with van der Waals surface area (Å²) in [4.78, 5) is 38.0. The van der Waals surface area contributed by atoms with Gasteiger partial charge in [-0.15, -0.1) is 0 Å². The molecule has 0 saturated carbocycles. The zero-order valence-electron chi connectivity index (χ0n) is 41.3. The van der Waals surface area contributed by atoms with Crippen molar-refractivity contribution in [1.29, 1.82) is 0 Å². The summed E-state index contributed by atoms with van der Waals surface area (Å²) < 4.78 is 16.7. The van der Waals surface area contributed by atoms with Crippen molar-refractivity contribution in [2.45, 2.75) is 258 Å². The summed E-state index contributed by atoms with van der Waals surface area (Å²) in [6, 6.07) is 0. The molecule has 0 amide bonds. The molecule has 0 fully saturated rings. The number of rotatable bonds is 47. The highest BCUT2D eigenvalue weighted by molar-refractivity contribution is 5.71. The van der Waals surface area contributed by atoms with Crippen LogP contribution in [0, 0.1) is 0 Å². The zero-order chi connectivity index (χ0) is 45.8. The monoisotopic (exact) mass is 879 g/mol. The summed E-state index contributed by atoms with van der Waals surface area (Å²) in [6.45, 7) is 6.43. The van der Waals surface area contributed by atoms with Gasteiger partial charge in [0, 0.05) is 19.3 Å². The molecule has 0 aliphatic carbocycles. The number of hydrogen-bond donors (Lipinski definition) is 0. The molecule has 1 unspecified atom stereocenters. The summed E-state index contributed by atoms with van der Waals surface area (Å²) in [6.07, 6.45) is 64.6. The Morgan fingerprint density at radius 3 is 1.11 bits per heavy atom. The second kappa shape index (κ2) is 51.5. The van der Waals surface area contributed by atoms with E-state index in [-0.39, 0.29) is 37.5 Å². The first-order valence-corrected chi connectivity index (χ1v) is 26.5.